The molecule has 9 heteroatoms. The zero-order valence-corrected chi connectivity index (χ0v) is 16.2. The van der Waals surface area contributed by atoms with E-state index in [-0.39, 0.29) is 35.7 Å². The Balaban J connectivity index is 1.78. The minimum Gasteiger partial charge on any atom is -0.338 e. The standard InChI is InChI=1S/C18H26N4O4S/c1-12-4-3-7-21(16(12)10-19)18(24)13-8-17(23)22(11-13)14-5-2-6-15(9-14)27(20,25)26/h2,5-6,9,12-13,16H,3-4,7-8,10-11,19H2,1H3,(H2,20,25,26)/t12-,13+,16-/m1/s1. The summed E-state index contributed by atoms with van der Waals surface area (Å²) < 4.78 is 23.1. The highest BCUT2D eigenvalue weighted by Gasteiger charge is 2.40. The zero-order chi connectivity index (χ0) is 19.8. The Morgan fingerprint density at radius 3 is 2.74 bits per heavy atom. The molecule has 8 nitrogen and oxygen atoms in total. The van der Waals surface area contributed by atoms with E-state index >= 15 is 0 Å². The van der Waals surface area contributed by atoms with Gasteiger partial charge >= 0.3 is 0 Å². The zero-order valence-electron chi connectivity index (χ0n) is 15.4. The lowest BCUT2D eigenvalue weighted by molar-refractivity contribution is -0.140. The quantitative estimate of drug-likeness (QED) is 0.758. The van der Waals surface area contributed by atoms with Gasteiger partial charge in [-0.15, -0.1) is 0 Å². The van der Waals surface area contributed by atoms with Gasteiger partial charge in [-0.1, -0.05) is 13.0 Å². The number of benzene rings is 1. The Labute approximate surface area is 159 Å². The molecule has 0 spiro atoms. The molecule has 0 radical (unpaired) electrons. The van der Waals surface area contributed by atoms with Crippen molar-refractivity contribution in [3.8, 4) is 0 Å². The molecule has 2 aliphatic rings. The minimum atomic E-state index is -3.86. The molecule has 0 bridgehead atoms. The van der Waals surface area contributed by atoms with Crippen molar-refractivity contribution < 1.29 is 18.0 Å². The summed E-state index contributed by atoms with van der Waals surface area (Å²) in [6.07, 6.45) is 2.09. The maximum atomic E-state index is 13.0. The molecule has 0 unspecified atom stereocenters. The predicted octanol–water partition coefficient (Wildman–Crippen LogP) is 0.273. The summed E-state index contributed by atoms with van der Waals surface area (Å²) in [6, 6.07) is 5.93. The molecule has 2 fully saturated rings. The molecule has 148 valence electrons. The molecule has 2 amide bonds. The van der Waals surface area contributed by atoms with Crippen LogP contribution in [0.3, 0.4) is 0 Å². The van der Waals surface area contributed by atoms with Gasteiger partial charge in [0.25, 0.3) is 0 Å². The molecule has 2 aliphatic heterocycles. The van der Waals surface area contributed by atoms with Crippen LogP contribution >= 0.6 is 0 Å². The fourth-order valence-electron chi connectivity index (χ4n) is 4.07. The van der Waals surface area contributed by atoms with Gasteiger partial charge in [0.2, 0.25) is 21.8 Å². The second kappa shape index (κ2) is 7.57. The maximum absolute atomic E-state index is 13.0. The highest BCUT2D eigenvalue weighted by Crippen LogP contribution is 2.30. The smallest absolute Gasteiger partial charge is 0.238 e. The predicted molar refractivity (Wildman–Crippen MR) is 101 cm³/mol. The lowest BCUT2D eigenvalue weighted by Crippen LogP contribution is -2.53. The van der Waals surface area contributed by atoms with Crippen molar-refractivity contribution in [2.24, 2.45) is 22.7 Å². The number of hydrogen-bond acceptors (Lipinski definition) is 5. The number of likely N-dealkylation sites (tertiary alicyclic amines) is 1. The van der Waals surface area contributed by atoms with Crippen LogP contribution in [0.4, 0.5) is 5.69 Å². The Morgan fingerprint density at radius 2 is 2.07 bits per heavy atom. The number of nitrogens with zero attached hydrogens (tertiary/aromatic N) is 2. The van der Waals surface area contributed by atoms with Gasteiger partial charge in [-0.25, -0.2) is 13.6 Å². The van der Waals surface area contributed by atoms with Gasteiger partial charge in [0.1, 0.15) is 0 Å². The normalized spacial score (nSPS) is 26.5. The van der Waals surface area contributed by atoms with Crippen LogP contribution in [0, 0.1) is 11.8 Å². The van der Waals surface area contributed by atoms with Crippen molar-refractivity contribution in [3.63, 3.8) is 0 Å². The monoisotopic (exact) mass is 394 g/mol. The fourth-order valence-corrected chi connectivity index (χ4v) is 4.62. The third kappa shape index (κ3) is 3.99. The Morgan fingerprint density at radius 1 is 1.33 bits per heavy atom. The van der Waals surface area contributed by atoms with Crippen LogP contribution in [0.1, 0.15) is 26.2 Å². The number of hydrogen-bond donors (Lipinski definition) is 2. The average molecular weight is 394 g/mol. The molecular formula is C18H26N4O4S. The van der Waals surface area contributed by atoms with E-state index in [0.29, 0.717) is 24.7 Å². The third-order valence-corrected chi connectivity index (χ3v) is 6.48. The summed E-state index contributed by atoms with van der Waals surface area (Å²) in [6.45, 7) is 3.40. The Hall–Kier alpha value is -1.97. The first-order valence-corrected chi connectivity index (χ1v) is 10.7. The number of carbonyl (C=O) groups excluding carboxylic acids is 2. The van der Waals surface area contributed by atoms with Crippen molar-refractivity contribution >= 4 is 27.5 Å². The van der Waals surface area contributed by atoms with E-state index in [0.717, 1.165) is 12.8 Å². The van der Waals surface area contributed by atoms with Crippen LogP contribution in [-0.4, -0.2) is 50.8 Å². The summed E-state index contributed by atoms with van der Waals surface area (Å²) in [5.41, 5.74) is 6.32. The van der Waals surface area contributed by atoms with E-state index in [1.807, 2.05) is 4.90 Å². The largest absolute Gasteiger partial charge is 0.338 e. The van der Waals surface area contributed by atoms with Crippen LogP contribution in [0.15, 0.2) is 29.2 Å². The van der Waals surface area contributed by atoms with E-state index in [4.69, 9.17) is 10.9 Å². The van der Waals surface area contributed by atoms with Gasteiger partial charge < -0.3 is 15.5 Å². The second-order valence-corrected chi connectivity index (χ2v) is 8.96. The van der Waals surface area contributed by atoms with Gasteiger partial charge in [0.15, 0.2) is 0 Å². The molecule has 0 aromatic heterocycles. The first-order valence-electron chi connectivity index (χ1n) is 9.16. The van der Waals surface area contributed by atoms with Crippen molar-refractivity contribution in [1.29, 1.82) is 0 Å². The number of sulfonamides is 1. The van der Waals surface area contributed by atoms with Gasteiger partial charge in [0, 0.05) is 37.8 Å². The number of carbonyl (C=O) groups is 2. The highest BCUT2D eigenvalue weighted by atomic mass is 32.2. The van der Waals surface area contributed by atoms with Crippen molar-refractivity contribution in [3.05, 3.63) is 24.3 Å². The van der Waals surface area contributed by atoms with Crippen LogP contribution in [0.25, 0.3) is 0 Å². The molecule has 1 aromatic rings. The molecule has 0 saturated carbocycles. The van der Waals surface area contributed by atoms with E-state index in [9.17, 15) is 18.0 Å². The summed E-state index contributed by atoms with van der Waals surface area (Å²) in [5, 5.41) is 5.17. The highest BCUT2D eigenvalue weighted by molar-refractivity contribution is 7.89. The molecule has 27 heavy (non-hydrogen) atoms. The Bertz CT molecular complexity index is 842. The van der Waals surface area contributed by atoms with Crippen molar-refractivity contribution in [2.45, 2.75) is 37.1 Å². The van der Waals surface area contributed by atoms with Gasteiger partial charge in [-0.3, -0.25) is 9.59 Å². The number of primary sulfonamides is 1. The number of amides is 2. The molecule has 2 heterocycles. The topological polar surface area (TPSA) is 127 Å². The average Bonchev–Trinajstić information content (AvgIpc) is 3.02. The molecule has 1 aromatic carbocycles. The van der Waals surface area contributed by atoms with Crippen molar-refractivity contribution in [1.82, 2.24) is 4.90 Å². The van der Waals surface area contributed by atoms with Crippen LogP contribution in [0.5, 0.6) is 0 Å². The minimum absolute atomic E-state index is 0.00103. The summed E-state index contributed by atoms with van der Waals surface area (Å²) in [5.74, 6) is -0.355. The molecule has 3 rings (SSSR count). The molecule has 2 saturated heterocycles. The number of nitrogens with two attached hydrogens (primary N) is 2. The SMILES string of the molecule is C[C@@H]1CCCN(C(=O)[C@H]2CC(=O)N(c3cccc(S(N)(=O)=O)c3)C2)[C@@H]1CN. The van der Waals surface area contributed by atoms with E-state index in [1.165, 1.54) is 23.1 Å². The van der Waals surface area contributed by atoms with Gasteiger partial charge in [-0.2, -0.15) is 0 Å². The summed E-state index contributed by atoms with van der Waals surface area (Å²) in [4.78, 5) is 28.8. The lowest BCUT2D eigenvalue weighted by atomic mass is 9.89. The second-order valence-electron chi connectivity index (χ2n) is 7.40. The van der Waals surface area contributed by atoms with E-state index in [2.05, 4.69) is 6.92 Å². The fraction of sp³-hybridized carbons (Fsp3) is 0.556. The molecular weight excluding hydrogens is 368 g/mol. The van der Waals surface area contributed by atoms with Gasteiger partial charge in [-0.05, 0) is 37.0 Å². The van der Waals surface area contributed by atoms with Crippen LogP contribution < -0.4 is 15.8 Å². The number of piperidine rings is 1. The first-order chi connectivity index (χ1) is 12.7. The molecule has 0 aliphatic carbocycles. The van der Waals surface area contributed by atoms with Crippen molar-refractivity contribution in [2.75, 3.05) is 24.5 Å². The summed E-state index contributed by atoms with van der Waals surface area (Å²) >= 11 is 0. The van der Waals surface area contributed by atoms with Crippen LogP contribution in [-0.2, 0) is 19.6 Å². The molecule has 3 atom stereocenters. The number of anilines is 1. The lowest BCUT2D eigenvalue weighted by Gasteiger charge is -2.40. The third-order valence-electron chi connectivity index (χ3n) is 5.57. The van der Waals surface area contributed by atoms with E-state index < -0.39 is 15.9 Å². The maximum Gasteiger partial charge on any atom is 0.238 e. The first kappa shape index (κ1) is 19.8. The van der Waals surface area contributed by atoms with E-state index in [1.54, 1.807) is 6.07 Å². The van der Waals surface area contributed by atoms with Gasteiger partial charge in [0.05, 0.1) is 10.8 Å². The Kier molecular flexibility index (Phi) is 5.55. The van der Waals surface area contributed by atoms with Crippen LogP contribution in [0.2, 0.25) is 0 Å². The summed E-state index contributed by atoms with van der Waals surface area (Å²) in [7, 11) is -3.86. The number of rotatable bonds is 4. The molecule has 4 N–H and O–H groups in total.